The van der Waals surface area contributed by atoms with E-state index in [1.54, 1.807) is 16.2 Å². The summed E-state index contributed by atoms with van der Waals surface area (Å²) in [6.45, 7) is 3.05. The van der Waals surface area contributed by atoms with E-state index in [9.17, 15) is 4.79 Å². The second kappa shape index (κ2) is 7.50. The van der Waals surface area contributed by atoms with Crippen LogP contribution in [0.4, 0.5) is 5.69 Å². The number of anilines is 1. The van der Waals surface area contributed by atoms with E-state index in [0.29, 0.717) is 24.0 Å². The molecule has 0 atom stereocenters. The van der Waals surface area contributed by atoms with Gasteiger partial charge in [0.25, 0.3) is 5.91 Å². The van der Waals surface area contributed by atoms with E-state index in [0.717, 1.165) is 11.4 Å². The van der Waals surface area contributed by atoms with E-state index in [1.807, 2.05) is 59.5 Å². The van der Waals surface area contributed by atoms with E-state index in [1.165, 1.54) is 10.4 Å². The van der Waals surface area contributed by atoms with Crippen molar-refractivity contribution in [1.29, 1.82) is 0 Å². The fraction of sp³-hybridized carbons (Fsp3) is 0.143. The van der Waals surface area contributed by atoms with Crippen LogP contribution in [-0.2, 0) is 11.3 Å². The summed E-state index contributed by atoms with van der Waals surface area (Å²) in [6, 6.07) is 19.1. The van der Waals surface area contributed by atoms with Crippen molar-refractivity contribution in [3.63, 3.8) is 0 Å². The van der Waals surface area contributed by atoms with Gasteiger partial charge in [-0.05, 0) is 72.5 Å². The molecule has 0 unspecified atom stereocenters. The number of nitrogens with zero attached hydrogens (tertiary/aromatic N) is 2. The van der Waals surface area contributed by atoms with Crippen LogP contribution in [0.5, 0.6) is 11.5 Å². The number of rotatable bonds is 5. The molecule has 27 heavy (non-hydrogen) atoms. The van der Waals surface area contributed by atoms with Crippen LogP contribution in [0.1, 0.15) is 10.4 Å². The van der Waals surface area contributed by atoms with Gasteiger partial charge in [-0.2, -0.15) is 0 Å². The molecule has 4 rings (SSSR count). The van der Waals surface area contributed by atoms with Crippen LogP contribution in [0.25, 0.3) is 0 Å². The Morgan fingerprint density at radius 1 is 1.04 bits per heavy atom. The van der Waals surface area contributed by atoms with Crippen LogP contribution >= 0.6 is 23.6 Å². The van der Waals surface area contributed by atoms with Gasteiger partial charge in [-0.25, -0.2) is 0 Å². The van der Waals surface area contributed by atoms with Gasteiger partial charge < -0.3 is 9.64 Å². The van der Waals surface area contributed by atoms with Crippen molar-refractivity contribution >= 4 is 40.3 Å². The lowest BCUT2D eigenvalue weighted by Crippen LogP contribution is -2.32. The molecule has 6 heteroatoms. The van der Waals surface area contributed by atoms with Gasteiger partial charge in [-0.15, -0.1) is 11.3 Å². The lowest BCUT2D eigenvalue weighted by molar-refractivity contribution is -0.116. The molecule has 3 aromatic rings. The Bertz CT molecular complexity index is 967. The highest BCUT2D eigenvalue weighted by Crippen LogP contribution is 2.28. The third kappa shape index (κ3) is 3.72. The zero-order chi connectivity index (χ0) is 18.8. The zero-order valence-electron chi connectivity index (χ0n) is 14.8. The van der Waals surface area contributed by atoms with Gasteiger partial charge in [0.05, 0.1) is 12.2 Å². The van der Waals surface area contributed by atoms with Crippen molar-refractivity contribution in [3.8, 4) is 11.5 Å². The summed E-state index contributed by atoms with van der Waals surface area (Å²) in [5.74, 6) is 1.48. The van der Waals surface area contributed by atoms with Crippen molar-refractivity contribution in [2.75, 3.05) is 11.4 Å². The van der Waals surface area contributed by atoms with Crippen LogP contribution in [-0.4, -0.2) is 22.5 Å². The van der Waals surface area contributed by atoms with Gasteiger partial charge in [-0.3, -0.25) is 9.69 Å². The summed E-state index contributed by atoms with van der Waals surface area (Å²) in [5, 5.41) is 2.61. The molecule has 1 aromatic heterocycles. The first-order valence-electron chi connectivity index (χ1n) is 8.59. The Morgan fingerprint density at radius 2 is 1.74 bits per heavy atom. The number of aryl methyl sites for hydroxylation is 1. The van der Waals surface area contributed by atoms with E-state index in [4.69, 9.17) is 17.0 Å². The van der Waals surface area contributed by atoms with Crippen molar-refractivity contribution in [2.45, 2.75) is 13.5 Å². The van der Waals surface area contributed by atoms with E-state index < -0.39 is 0 Å². The van der Waals surface area contributed by atoms with E-state index >= 15 is 0 Å². The maximum atomic E-state index is 12.6. The molecule has 0 bridgehead atoms. The predicted molar refractivity (Wildman–Crippen MR) is 113 cm³/mol. The fourth-order valence-electron chi connectivity index (χ4n) is 2.95. The van der Waals surface area contributed by atoms with Gasteiger partial charge in [0, 0.05) is 4.88 Å². The van der Waals surface area contributed by atoms with Crippen LogP contribution in [0, 0.1) is 6.92 Å². The first-order valence-corrected chi connectivity index (χ1v) is 9.88. The summed E-state index contributed by atoms with van der Waals surface area (Å²) in [7, 11) is 0. The van der Waals surface area contributed by atoms with Crippen LogP contribution in [0.15, 0.2) is 66.0 Å². The van der Waals surface area contributed by atoms with E-state index in [2.05, 4.69) is 18.4 Å². The van der Waals surface area contributed by atoms with E-state index in [-0.39, 0.29) is 5.91 Å². The molecular weight excluding hydrogens is 376 g/mol. The van der Waals surface area contributed by atoms with Gasteiger partial charge in [-0.1, -0.05) is 18.2 Å². The maximum Gasteiger partial charge on any atom is 0.252 e. The van der Waals surface area contributed by atoms with Gasteiger partial charge in [0.1, 0.15) is 18.0 Å². The molecule has 0 saturated carbocycles. The standard InChI is InChI=1S/C21H18N2O2S2/c1-15-11-12-27-19(15)13-22-14-20(24)23(21(22)26)16-7-9-18(10-8-16)25-17-5-3-2-4-6-17/h2-12H,13-14H2,1H3. The van der Waals surface area contributed by atoms with Crippen molar-refractivity contribution < 1.29 is 9.53 Å². The minimum atomic E-state index is -0.00839. The fourth-order valence-corrected chi connectivity index (χ4v) is 4.21. The number of para-hydroxylation sites is 1. The highest BCUT2D eigenvalue weighted by atomic mass is 32.1. The highest BCUT2D eigenvalue weighted by molar-refractivity contribution is 7.80. The smallest absolute Gasteiger partial charge is 0.252 e. The summed E-state index contributed by atoms with van der Waals surface area (Å²) >= 11 is 7.27. The number of carbonyl (C=O) groups excluding carboxylic acids is 1. The summed E-state index contributed by atoms with van der Waals surface area (Å²) < 4.78 is 5.81. The molecule has 1 saturated heterocycles. The minimum Gasteiger partial charge on any atom is -0.457 e. The average molecular weight is 395 g/mol. The number of ether oxygens (including phenoxy) is 1. The molecule has 0 N–H and O–H groups in total. The topological polar surface area (TPSA) is 32.8 Å². The summed E-state index contributed by atoms with van der Waals surface area (Å²) in [5.41, 5.74) is 1.99. The van der Waals surface area contributed by atoms with Gasteiger partial charge in [0.15, 0.2) is 5.11 Å². The maximum absolute atomic E-state index is 12.6. The first-order chi connectivity index (χ1) is 13.1. The molecule has 1 fully saturated rings. The molecule has 136 valence electrons. The Morgan fingerprint density at radius 3 is 2.41 bits per heavy atom. The number of hydrogen-bond donors (Lipinski definition) is 0. The predicted octanol–water partition coefficient (Wildman–Crippen LogP) is 4.98. The number of amides is 1. The largest absolute Gasteiger partial charge is 0.457 e. The molecule has 0 spiro atoms. The third-order valence-corrected chi connectivity index (χ3v) is 5.86. The Balaban J connectivity index is 1.48. The third-order valence-electron chi connectivity index (χ3n) is 4.41. The molecule has 0 aliphatic carbocycles. The average Bonchev–Trinajstić information content (AvgIpc) is 3.20. The van der Waals surface area contributed by atoms with Gasteiger partial charge >= 0.3 is 0 Å². The lowest BCUT2D eigenvalue weighted by atomic mass is 10.2. The quantitative estimate of drug-likeness (QED) is 0.571. The number of benzene rings is 2. The van der Waals surface area contributed by atoms with Crippen LogP contribution in [0.2, 0.25) is 0 Å². The Hall–Kier alpha value is -2.70. The second-order valence-corrected chi connectivity index (χ2v) is 7.67. The van der Waals surface area contributed by atoms with Crippen molar-refractivity contribution in [1.82, 2.24) is 4.90 Å². The SMILES string of the molecule is Cc1ccsc1CN1CC(=O)N(c2ccc(Oc3ccccc3)cc2)C1=S. The summed E-state index contributed by atoms with van der Waals surface area (Å²) in [4.78, 5) is 17.3. The molecule has 1 amide bonds. The van der Waals surface area contributed by atoms with Crippen LogP contribution in [0.3, 0.4) is 0 Å². The molecule has 2 aromatic carbocycles. The monoisotopic (exact) mass is 394 g/mol. The molecule has 1 aliphatic heterocycles. The lowest BCUT2D eigenvalue weighted by Gasteiger charge is -2.20. The molecule has 4 nitrogen and oxygen atoms in total. The van der Waals surface area contributed by atoms with Crippen LogP contribution < -0.4 is 9.64 Å². The molecule has 1 aliphatic rings. The number of thiophene rings is 1. The zero-order valence-corrected chi connectivity index (χ0v) is 16.4. The molecular formula is C21H18N2O2S2. The Labute approximate surface area is 167 Å². The number of carbonyl (C=O) groups is 1. The van der Waals surface area contributed by atoms with Crippen molar-refractivity contribution in [3.05, 3.63) is 76.5 Å². The first kappa shape index (κ1) is 17.7. The number of thiocarbonyl (C=S) groups is 1. The molecule has 2 heterocycles. The summed E-state index contributed by atoms with van der Waals surface area (Å²) in [6.07, 6.45) is 0. The molecule has 0 radical (unpaired) electrons. The Kier molecular flexibility index (Phi) is 4.92. The highest BCUT2D eigenvalue weighted by Gasteiger charge is 2.34. The van der Waals surface area contributed by atoms with Crippen molar-refractivity contribution in [2.24, 2.45) is 0 Å². The second-order valence-electron chi connectivity index (χ2n) is 6.30. The van der Waals surface area contributed by atoms with Gasteiger partial charge in [0.2, 0.25) is 0 Å². The minimum absolute atomic E-state index is 0.00839. The normalized spacial score (nSPS) is 14.1. The number of hydrogen-bond acceptors (Lipinski definition) is 4.